The summed E-state index contributed by atoms with van der Waals surface area (Å²) in [4.78, 5) is 36.6. The van der Waals surface area contributed by atoms with Crippen LogP contribution in [-0.4, -0.2) is 36.7 Å². The van der Waals surface area contributed by atoms with Gasteiger partial charge < -0.3 is 9.47 Å². The average Bonchev–Trinajstić information content (AvgIpc) is 2.72. The molecule has 0 aromatic heterocycles. The Morgan fingerprint density at radius 2 is 1.74 bits per heavy atom. The second-order valence-electron chi connectivity index (χ2n) is 8.93. The number of nitrogens with zero attached hydrogens (tertiary/aromatic N) is 1. The first-order valence-corrected chi connectivity index (χ1v) is 11.4. The van der Waals surface area contributed by atoms with Gasteiger partial charge in [0.2, 0.25) is 5.91 Å². The van der Waals surface area contributed by atoms with Gasteiger partial charge >= 0.3 is 12.1 Å². The number of rotatable bonds is 4. The molecule has 2 N–H and O–H groups in total. The number of carbonyl (C=O) groups excluding carboxylic acids is 3. The molecule has 2 aromatic carbocycles. The van der Waals surface area contributed by atoms with Gasteiger partial charge in [0.25, 0.3) is 0 Å². The van der Waals surface area contributed by atoms with E-state index in [1.54, 1.807) is 45.0 Å². The van der Waals surface area contributed by atoms with Crippen molar-refractivity contribution in [3.05, 3.63) is 57.6 Å². The minimum Gasteiger partial charge on any atom is -0.467 e. The van der Waals surface area contributed by atoms with Crippen LogP contribution in [0.3, 0.4) is 0 Å². The van der Waals surface area contributed by atoms with Crippen LogP contribution in [0.4, 0.5) is 16.2 Å². The third kappa shape index (κ3) is 5.93. The first-order chi connectivity index (χ1) is 15.9. The monoisotopic (exact) mass is 507 g/mol. The minimum absolute atomic E-state index is 0.292. The summed E-state index contributed by atoms with van der Waals surface area (Å²) in [5.41, 5.74) is 4.72. The van der Waals surface area contributed by atoms with Crippen molar-refractivity contribution in [1.29, 1.82) is 0 Å². The number of hydrazine groups is 1. The molecular weight excluding hydrogens is 481 g/mol. The summed E-state index contributed by atoms with van der Waals surface area (Å²) >= 11 is 12.9. The maximum atomic E-state index is 12.7. The zero-order valence-corrected chi connectivity index (χ0v) is 21.1. The highest BCUT2D eigenvalue weighted by Gasteiger charge is 2.40. The molecule has 10 heteroatoms. The molecule has 34 heavy (non-hydrogen) atoms. The van der Waals surface area contributed by atoms with Crippen molar-refractivity contribution in [2.45, 2.75) is 51.7 Å². The predicted octanol–water partition coefficient (Wildman–Crippen LogP) is 5.28. The van der Waals surface area contributed by atoms with Crippen LogP contribution in [-0.2, 0) is 19.1 Å². The zero-order valence-electron chi connectivity index (χ0n) is 19.6. The van der Waals surface area contributed by atoms with Crippen molar-refractivity contribution in [2.75, 3.05) is 17.4 Å². The van der Waals surface area contributed by atoms with Gasteiger partial charge in [-0.15, -0.1) is 0 Å². The van der Waals surface area contributed by atoms with Gasteiger partial charge in [0, 0.05) is 34.1 Å². The lowest BCUT2D eigenvalue weighted by Gasteiger charge is -2.41. The number of benzene rings is 2. The summed E-state index contributed by atoms with van der Waals surface area (Å²) in [5, 5.41) is 4.92. The highest BCUT2D eigenvalue weighted by Crippen LogP contribution is 2.46. The summed E-state index contributed by atoms with van der Waals surface area (Å²) in [6.07, 6.45) is -0.266. The van der Waals surface area contributed by atoms with E-state index in [0.717, 1.165) is 5.56 Å². The van der Waals surface area contributed by atoms with Crippen LogP contribution in [0.5, 0.6) is 0 Å². The topological polar surface area (TPSA) is 97.0 Å². The number of fused-ring (bicyclic) bond motifs is 1. The highest BCUT2D eigenvalue weighted by molar-refractivity contribution is 6.35. The van der Waals surface area contributed by atoms with Gasteiger partial charge in [0.15, 0.2) is 0 Å². The fraction of sp³-hybridized carbons (Fsp3) is 0.375. The van der Waals surface area contributed by atoms with Crippen LogP contribution < -0.4 is 15.8 Å². The number of nitrogens with one attached hydrogen (secondary N) is 2. The molecule has 1 aliphatic heterocycles. The SMILES string of the molecule is COC(=O)[C@@H]1C[C@@H](c2ccc(NC(=O)OC(C)(C)C)cc2)c2c(Cl)cc(Cl)cc2N1NC(C)=O. The third-order valence-electron chi connectivity index (χ3n) is 5.16. The van der Waals surface area contributed by atoms with Crippen molar-refractivity contribution >= 4 is 52.5 Å². The van der Waals surface area contributed by atoms with Gasteiger partial charge in [-0.05, 0) is 57.0 Å². The second-order valence-corrected chi connectivity index (χ2v) is 9.78. The molecule has 0 saturated carbocycles. The quantitative estimate of drug-likeness (QED) is 0.546. The van der Waals surface area contributed by atoms with Crippen LogP contribution in [0, 0.1) is 0 Å². The number of hydrogen-bond donors (Lipinski definition) is 2. The molecule has 2 aromatic rings. The van der Waals surface area contributed by atoms with Gasteiger partial charge in [-0.1, -0.05) is 35.3 Å². The lowest BCUT2D eigenvalue weighted by molar-refractivity contribution is -0.142. The molecule has 0 spiro atoms. The first kappa shape index (κ1) is 25.6. The van der Waals surface area contributed by atoms with Crippen LogP contribution >= 0.6 is 23.2 Å². The molecule has 1 aliphatic rings. The molecule has 2 atom stereocenters. The average molecular weight is 508 g/mol. The molecule has 8 nitrogen and oxygen atoms in total. The summed E-state index contributed by atoms with van der Waals surface area (Å²) in [5.74, 6) is -1.17. The van der Waals surface area contributed by atoms with Gasteiger partial charge in [-0.25, -0.2) is 9.59 Å². The minimum atomic E-state index is -0.805. The van der Waals surface area contributed by atoms with Crippen molar-refractivity contribution in [2.24, 2.45) is 0 Å². The van der Waals surface area contributed by atoms with E-state index >= 15 is 0 Å². The predicted molar refractivity (Wildman–Crippen MR) is 131 cm³/mol. The molecule has 0 saturated heterocycles. The summed E-state index contributed by atoms with van der Waals surface area (Å²) < 4.78 is 10.3. The van der Waals surface area contributed by atoms with E-state index in [4.69, 9.17) is 32.7 Å². The summed E-state index contributed by atoms with van der Waals surface area (Å²) in [6, 6.07) is 9.65. The number of methoxy groups -OCH3 is 1. The van der Waals surface area contributed by atoms with Crippen LogP contribution in [0.25, 0.3) is 0 Å². The van der Waals surface area contributed by atoms with E-state index in [1.807, 2.05) is 12.1 Å². The Kier molecular flexibility index (Phi) is 7.63. The number of anilines is 2. The maximum absolute atomic E-state index is 12.7. The number of hydrogen-bond acceptors (Lipinski definition) is 6. The zero-order chi connectivity index (χ0) is 25.2. The smallest absolute Gasteiger partial charge is 0.412 e. The lowest BCUT2D eigenvalue weighted by Crippen LogP contribution is -2.55. The van der Waals surface area contributed by atoms with Gasteiger partial charge in [0.1, 0.15) is 11.6 Å². The van der Waals surface area contributed by atoms with E-state index < -0.39 is 23.7 Å². The molecular formula is C24H27Cl2N3O5. The summed E-state index contributed by atoms with van der Waals surface area (Å²) in [6.45, 7) is 6.71. The molecule has 0 unspecified atom stereocenters. The van der Waals surface area contributed by atoms with Crippen LogP contribution in [0.1, 0.15) is 51.2 Å². The van der Waals surface area contributed by atoms with Crippen molar-refractivity contribution in [1.82, 2.24) is 5.43 Å². The normalized spacial score (nSPS) is 17.4. The van der Waals surface area contributed by atoms with E-state index in [9.17, 15) is 14.4 Å². The molecule has 0 radical (unpaired) electrons. The van der Waals surface area contributed by atoms with E-state index in [1.165, 1.54) is 19.0 Å². The fourth-order valence-corrected chi connectivity index (χ4v) is 4.51. The van der Waals surface area contributed by atoms with E-state index in [-0.39, 0.29) is 11.8 Å². The molecule has 182 valence electrons. The number of halogens is 2. The van der Waals surface area contributed by atoms with E-state index in [2.05, 4.69) is 10.7 Å². The van der Waals surface area contributed by atoms with Crippen molar-refractivity contribution < 1.29 is 23.9 Å². The lowest BCUT2D eigenvalue weighted by atomic mass is 9.81. The standard InChI is InChI=1S/C24H27Cl2N3O5/c1-13(30)28-29-19-11-15(25)10-18(26)21(19)17(12-20(29)22(31)33-5)14-6-8-16(9-7-14)27-23(32)34-24(2,3)4/h6-11,17,20H,12H2,1-5H3,(H,27,32)(H,28,30)/t17-,20-/m0/s1. The number of amides is 2. The molecule has 1 heterocycles. The molecule has 0 fully saturated rings. The van der Waals surface area contributed by atoms with Crippen molar-refractivity contribution in [3.63, 3.8) is 0 Å². The van der Waals surface area contributed by atoms with Crippen molar-refractivity contribution in [3.8, 4) is 0 Å². The highest BCUT2D eigenvalue weighted by atomic mass is 35.5. The van der Waals surface area contributed by atoms with Gasteiger partial charge in [-0.2, -0.15) is 0 Å². The Hall–Kier alpha value is -2.97. The Bertz CT molecular complexity index is 1100. The number of carbonyl (C=O) groups is 3. The largest absolute Gasteiger partial charge is 0.467 e. The summed E-state index contributed by atoms with van der Waals surface area (Å²) in [7, 11) is 1.29. The van der Waals surface area contributed by atoms with Gasteiger partial charge in [-0.3, -0.25) is 20.5 Å². The number of esters is 1. The second kappa shape index (κ2) is 10.1. The molecule has 0 bridgehead atoms. The Morgan fingerprint density at radius 1 is 1.09 bits per heavy atom. The Balaban J connectivity index is 2.00. The van der Waals surface area contributed by atoms with Crippen LogP contribution in [0.2, 0.25) is 10.0 Å². The number of ether oxygens (including phenoxy) is 2. The molecule has 2 amide bonds. The molecule has 0 aliphatic carbocycles. The van der Waals surface area contributed by atoms with Gasteiger partial charge in [0.05, 0.1) is 12.8 Å². The van der Waals surface area contributed by atoms with E-state index in [0.29, 0.717) is 33.4 Å². The Labute approximate surface area is 208 Å². The van der Waals surface area contributed by atoms with Crippen LogP contribution in [0.15, 0.2) is 36.4 Å². The first-order valence-electron chi connectivity index (χ1n) is 10.6. The fourth-order valence-electron chi connectivity index (χ4n) is 3.90. The molecule has 3 rings (SSSR count). The third-order valence-corrected chi connectivity index (χ3v) is 5.69. The maximum Gasteiger partial charge on any atom is 0.412 e. The Morgan fingerprint density at radius 3 is 2.29 bits per heavy atom.